The summed E-state index contributed by atoms with van der Waals surface area (Å²) in [7, 11) is 0. The molecular weight excluding hydrogens is 928 g/mol. The van der Waals surface area contributed by atoms with E-state index in [9.17, 15) is 5.11 Å². The molecular formula is C55H51N4OPt-. The Labute approximate surface area is 373 Å². The SMILES string of the molecule is CC(C)(C)c1cc(-c2cc(-c3ccccc3)ccn2)[c-]c(-c2cccc3c2nc(-c2cc(C(C)(C)C)cc(C(C)(C)C)c2O)n3-c2cccc3ccc4cccnc4c23)c1.[Pt]. The summed E-state index contributed by atoms with van der Waals surface area (Å²) < 4.78 is 2.24. The van der Waals surface area contributed by atoms with E-state index in [0.717, 1.165) is 83.0 Å². The molecule has 1 N–H and O–H groups in total. The minimum atomic E-state index is -0.327. The number of pyridine rings is 2. The van der Waals surface area contributed by atoms with Crippen molar-refractivity contribution >= 4 is 32.7 Å². The summed E-state index contributed by atoms with van der Waals surface area (Å²) in [6.45, 7) is 19.9. The van der Waals surface area contributed by atoms with E-state index in [1.54, 1.807) is 0 Å². The molecule has 6 heteroatoms. The molecule has 0 radical (unpaired) electrons. The van der Waals surface area contributed by atoms with E-state index < -0.39 is 0 Å². The molecule has 0 aliphatic carbocycles. The van der Waals surface area contributed by atoms with Crippen molar-refractivity contribution in [2.75, 3.05) is 0 Å². The van der Waals surface area contributed by atoms with Crippen LogP contribution in [0.5, 0.6) is 5.75 Å². The van der Waals surface area contributed by atoms with Crippen LogP contribution in [0.25, 0.3) is 83.3 Å². The summed E-state index contributed by atoms with van der Waals surface area (Å²) in [5.41, 5.74) is 12.7. The van der Waals surface area contributed by atoms with Crippen LogP contribution in [0.1, 0.15) is 79.0 Å². The van der Waals surface area contributed by atoms with Crippen molar-refractivity contribution < 1.29 is 26.2 Å². The van der Waals surface area contributed by atoms with E-state index in [4.69, 9.17) is 15.0 Å². The van der Waals surface area contributed by atoms with Crippen LogP contribution in [0.15, 0.2) is 140 Å². The maximum atomic E-state index is 12.5. The number of phenolic OH excluding ortho intramolecular Hbond substituents is 1. The van der Waals surface area contributed by atoms with E-state index in [1.165, 1.54) is 5.56 Å². The summed E-state index contributed by atoms with van der Waals surface area (Å²) in [5, 5.41) is 15.6. The second kappa shape index (κ2) is 15.5. The fourth-order valence-electron chi connectivity index (χ4n) is 8.31. The molecule has 9 rings (SSSR count). The number of rotatable bonds is 5. The van der Waals surface area contributed by atoms with Crippen molar-refractivity contribution in [3.8, 4) is 56.3 Å². The Kier molecular flexibility index (Phi) is 10.6. The molecule has 0 aliphatic rings. The number of aromatic hydroxyl groups is 1. The molecule has 6 aromatic carbocycles. The summed E-state index contributed by atoms with van der Waals surface area (Å²) in [5.74, 6) is 0.904. The number of nitrogens with zero attached hydrogens (tertiary/aromatic N) is 4. The molecule has 61 heavy (non-hydrogen) atoms. The molecule has 0 fully saturated rings. The molecule has 0 bridgehead atoms. The summed E-state index contributed by atoms with van der Waals surface area (Å²) in [4.78, 5) is 15.5. The Bertz CT molecular complexity index is 3110. The molecule has 0 unspecified atom stereocenters. The van der Waals surface area contributed by atoms with Crippen molar-refractivity contribution in [3.05, 3.63) is 163 Å². The van der Waals surface area contributed by atoms with Crippen molar-refractivity contribution in [2.45, 2.75) is 78.6 Å². The van der Waals surface area contributed by atoms with Crippen LogP contribution in [0.4, 0.5) is 0 Å². The fraction of sp³-hybridized carbons (Fsp3) is 0.218. The van der Waals surface area contributed by atoms with Crippen LogP contribution in [-0.4, -0.2) is 24.6 Å². The number of para-hydroxylation sites is 1. The number of fused-ring (bicyclic) bond motifs is 4. The van der Waals surface area contributed by atoms with E-state index in [-0.39, 0.29) is 43.1 Å². The maximum Gasteiger partial charge on any atom is 0.148 e. The first-order chi connectivity index (χ1) is 28.6. The Morgan fingerprint density at radius 2 is 1.23 bits per heavy atom. The molecule has 3 aromatic heterocycles. The molecule has 0 aliphatic heterocycles. The van der Waals surface area contributed by atoms with Crippen molar-refractivity contribution in [2.24, 2.45) is 0 Å². The minimum Gasteiger partial charge on any atom is -0.507 e. The van der Waals surface area contributed by atoms with Gasteiger partial charge in [0, 0.05) is 55.5 Å². The number of phenols is 1. The van der Waals surface area contributed by atoms with E-state index in [1.807, 2.05) is 24.5 Å². The topological polar surface area (TPSA) is 63.8 Å². The van der Waals surface area contributed by atoms with Gasteiger partial charge in [-0.05, 0) is 68.7 Å². The van der Waals surface area contributed by atoms with Gasteiger partial charge in [0.1, 0.15) is 11.6 Å². The first-order valence-corrected chi connectivity index (χ1v) is 20.8. The Balaban J connectivity index is 0.00000514. The quantitative estimate of drug-likeness (QED) is 0.138. The molecule has 308 valence electrons. The molecule has 0 amide bonds. The molecule has 0 spiro atoms. The number of benzene rings is 6. The van der Waals surface area contributed by atoms with Gasteiger partial charge in [0.15, 0.2) is 0 Å². The maximum absolute atomic E-state index is 12.5. The second-order valence-corrected chi connectivity index (χ2v) is 19.1. The summed E-state index contributed by atoms with van der Waals surface area (Å²) in [6, 6.07) is 48.4. The third-order valence-electron chi connectivity index (χ3n) is 11.7. The van der Waals surface area contributed by atoms with Gasteiger partial charge in [0.25, 0.3) is 0 Å². The predicted molar refractivity (Wildman–Crippen MR) is 250 cm³/mol. The van der Waals surface area contributed by atoms with Crippen LogP contribution < -0.4 is 0 Å². The van der Waals surface area contributed by atoms with Gasteiger partial charge in [-0.1, -0.05) is 158 Å². The number of hydrogen-bond acceptors (Lipinski definition) is 4. The zero-order valence-corrected chi connectivity index (χ0v) is 38.6. The summed E-state index contributed by atoms with van der Waals surface area (Å²) >= 11 is 0. The zero-order valence-electron chi connectivity index (χ0n) is 36.3. The number of imidazole rings is 1. The van der Waals surface area contributed by atoms with Gasteiger partial charge >= 0.3 is 0 Å². The first-order valence-electron chi connectivity index (χ1n) is 20.8. The largest absolute Gasteiger partial charge is 0.507 e. The zero-order chi connectivity index (χ0) is 42.1. The summed E-state index contributed by atoms with van der Waals surface area (Å²) in [6.07, 6.45) is 3.74. The molecule has 5 nitrogen and oxygen atoms in total. The van der Waals surface area contributed by atoms with Crippen LogP contribution in [-0.2, 0) is 37.3 Å². The molecule has 3 heterocycles. The Morgan fingerprint density at radius 3 is 1.97 bits per heavy atom. The Morgan fingerprint density at radius 1 is 0.541 bits per heavy atom. The van der Waals surface area contributed by atoms with Crippen LogP contribution in [0, 0.1) is 6.07 Å². The van der Waals surface area contributed by atoms with Gasteiger partial charge in [-0.3, -0.25) is 14.5 Å². The third-order valence-corrected chi connectivity index (χ3v) is 11.7. The van der Waals surface area contributed by atoms with Crippen LogP contribution in [0.2, 0.25) is 0 Å². The smallest absolute Gasteiger partial charge is 0.148 e. The van der Waals surface area contributed by atoms with Gasteiger partial charge in [-0.25, -0.2) is 4.98 Å². The van der Waals surface area contributed by atoms with E-state index in [0.29, 0.717) is 11.4 Å². The predicted octanol–water partition coefficient (Wildman–Crippen LogP) is 14.2. The average molecular weight is 979 g/mol. The van der Waals surface area contributed by atoms with E-state index in [2.05, 4.69) is 188 Å². The second-order valence-electron chi connectivity index (χ2n) is 19.1. The Hall–Kier alpha value is -5.90. The molecule has 0 saturated heterocycles. The minimum absolute atomic E-state index is 0. The number of hydrogen-bond donors (Lipinski definition) is 1. The normalized spacial score (nSPS) is 12.3. The van der Waals surface area contributed by atoms with Gasteiger partial charge in [-0.2, -0.15) is 0 Å². The average Bonchev–Trinajstić information content (AvgIpc) is 3.62. The van der Waals surface area contributed by atoms with Crippen LogP contribution in [0.3, 0.4) is 0 Å². The van der Waals surface area contributed by atoms with Crippen molar-refractivity contribution in [1.29, 1.82) is 0 Å². The van der Waals surface area contributed by atoms with Gasteiger partial charge in [-0.15, -0.1) is 29.3 Å². The van der Waals surface area contributed by atoms with Gasteiger partial charge < -0.3 is 5.11 Å². The monoisotopic (exact) mass is 978 g/mol. The first kappa shape index (κ1) is 41.8. The molecule has 0 atom stereocenters. The van der Waals surface area contributed by atoms with Crippen molar-refractivity contribution in [3.63, 3.8) is 0 Å². The number of aromatic nitrogens is 4. The molecule has 0 saturated carbocycles. The molecule has 9 aromatic rings. The fourth-order valence-corrected chi connectivity index (χ4v) is 8.31. The third kappa shape index (κ3) is 7.70. The van der Waals surface area contributed by atoms with Crippen molar-refractivity contribution in [1.82, 2.24) is 19.5 Å². The standard InChI is InChI=1S/C55H51N4O.Pt/c1-53(2,3)40-29-38(28-39(30-40)45-31-37(25-27-56-45)34-16-11-10-12-17-34)42-20-14-22-47-50(42)58-52(43-32-41(54(4,5)6)33-44(51(43)60)55(7,8)9)59(47)46-21-13-18-35-23-24-36-19-15-26-57-49(36)48(35)46;/h10-27,29-33,60H,1-9H3;/q-1;. The van der Waals surface area contributed by atoms with E-state index >= 15 is 0 Å². The van der Waals surface area contributed by atoms with Gasteiger partial charge in [0.2, 0.25) is 0 Å². The van der Waals surface area contributed by atoms with Gasteiger partial charge in [0.05, 0.1) is 27.8 Å². The van der Waals surface area contributed by atoms with Crippen LogP contribution >= 0.6 is 0 Å².